The van der Waals surface area contributed by atoms with E-state index < -0.39 is 0 Å². The highest BCUT2D eigenvalue weighted by Gasteiger charge is 2.10. The average Bonchev–Trinajstić information content (AvgIpc) is 2.86. The van der Waals surface area contributed by atoms with Crippen LogP contribution >= 0.6 is 0 Å². The third kappa shape index (κ3) is 1.38. The van der Waals surface area contributed by atoms with E-state index in [0.717, 1.165) is 33.1 Å². The average molecular weight is 227 g/mol. The SMILES string of the molecule is COc1cc2c(CN)[nH]ccc2c2ccnc12. The lowest BCUT2D eigenvalue weighted by atomic mass is 10.1. The number of benzene rings is 1. The van der Waals surface area contributed by atoms with Gasteiger partial charge >= 0.3 is 0 Å². The number of rotatable bonds is 2. The van der Waals surface area contributed by atoms with Gasteiger partial charge in [0.25, 0.3) is 0 Å². The molecule has 0 aliphatic heterocycles. The molecule has 4 heteroatoms. The van der Waals surface area contributed by atoms with Crippen LogP contribution in [0.15, 0.2) is 30.6 Å². The Morgan fingerprint density at radius 1 is 1.29 bits per heavy atom. The monoisotopic (exact) mass is 227 g/mol. The van der Waals surface area contributed by atoms with E-state index in [4.69, 9.17) is 10.5 Å². The molecule has 0 aliphatic carbocycles. The summed E-state index contributed by atoms with van der Waals surface area (Å²) in [6, 6.07) is 6.03. The molecule has 3 N–H and O–H groups in total. The van der Waals surface area contributed by atoms with Gasteiger partial charge in [0.2, 0.25) is 0 Å². The number of nitrogens with one attached hydrogen (secondary N) is 1. The first-order valence-corrected chi connectivity index (χ1v) is 5.47. The fraction of sp³-hybridized carbons (Fsp3) is 0.154. The Bertz CT molecular complexity index is 688. The van der Waals surface area contributed by atoms with Gasteiger partial charge in [-0.1, -0.05) is 0 Å². The number of H-pyrrole nitrogens is 1. The van der Waals surface area contributed by atoms with E-state index in [-0.39, 0.29) is 0 Å². The fourth-order valence-corrected chi connectivity index (χ4v) is 2.23. The molecule has 2 aromatic heterocycles. The van der Waals surface area contributed by atoms with Crippen molar-refractivity contribution in [3.8, 4) is 5.75 Å². The van der Waals surface area contributed by atoms with Crippen molar-refractivity contribution in [3.63, 3.8) is 0 Å². The first kappa shape index (κ1) is 10.1. The number of pyridine rings is 1. The molecule has 17 heavy (non-hydrogen) atoms. The number of fused-ring (bicyclic) bond motifs is 3. The zero-order chi connectivity index (χ0) is 11.8. The molecule has 0 bridgehead atoms. The van der Waals surface area contributed by atoms with E-state index in [0.29, 0.717) is 6.54 Å². The van der Waals surface area contributed by atoms with Crippen molar-refractivity contribution in [2.75, 3.05) is 7.11 Å². The molecule has 1 aromatic carbocycles. The van der Waals surface area contributed by atoms with E-state index >= 15 is 0 Å². The number of aromatic amines is 1. The first-order valence-electron chi connectivity index (χ1n) is 5.47. The Morgan fingerprint density at radius 2 is 2.18 bits per heavy atom. The molecule has 0 saturated heterocycles. The minimum absolute atomic E-state index is 0.472. The predicted molar refractivity (Wildman–Crippen MR) is 68.0 cm³/mol. The quantitative estimate of drug-likeness (QED) is 0.705. The highest BCUT2D eigenvalue weighted by Crippen LogP contribution is 2.33. The Balaban J connectivity index is 2.52. The van der Waals surface area contributed by atoms with Crippen LogP contribution in [-0.2, 0) is 6.54 Å². The summed E-state index contributed by atoms with van der Waals surface area (Å²) in [6.45, 7) is 0.472. The fourth-order valence-electron chi connectivity index (χ4n) is 2.23. The number of ether oxygens (including phenoxy) is 1. The van der Waals surface area contributed by atoms with Gasteiger partial charge in [0.1, 0.15) is 11.3 Å². The Morgan fingerprint density at radius 3 is 2.94 bits per heavy atom. The molecule has 4 nitrogen and oxygen atoms in total. The first-order chi connectivity index (χ1) is 8.35. The van der Waals surface area contributed by atoms with Crippen molar-refractivity contribution in [2.24, 2.45) is 5.73 Å². The predicted octanol–water partition coefficient (Wildman–Crippen LogP) is 2.18. The van der Waals surface area contributed by atoms with Crippen molar-refractivity contribution in [1.29, 1.82) is 0 Å². The number of hydrogen-bond acceptors (Lipinski definition) is 3. The van der Waals surface area contributed by atoms with Crippen LogP contribution in [0, 0.1) is 0 Å². The van der Waals surface area contributed by atoms with Crippen LogP contribution in [0.3, 0.4) is 0 Å². The highest BCUT2D eigenvalue weighted by atomic mass is 16.5. The zero-order valence-corrected chi connectivity index (χ0v) is 9.53. The number of aromatic nitrogens is 2. The van der Waals surface area contributed by atoms with E-state index in [1.165, 1.54) is 0 Å². The van der Waals surface area contributed by atoms with Crippen LogP contribution < -0.4 is 10.5 Å². The van der Waals surface area contributed by atoms with Crippen LogP contribution in [0.2, 0.25) is 0 Å². The second-order valence-corrected chi connectivity index (χ2v) is 3.91. The van der Waals surface area contributed by atoms with Crippen LogP contribution in [0.4, 0.5) is 0 Å². The standard InChI is InChI=1S/C13H13N3O/c1-17-12-6-10-8(2-4-15-11(10)7-14)9-3-5-16-13(9)12/h2-6,15H,7,14H2,1H3. The van der Waals surface area contributed by atoms with Crippen LogP contribution in [-0.4, -0.2) is 17.1 Å². The molecule has 2 heterocycles. The van der Waals surface area contributed by atoms with Crippen LogP contribution in [0.5, 0.6) is 5.75 Å². The molecular weight excluding hydrogens is 214 g/mol. The number of methoxy groups -OCH3 is 1. The molecule has 0 aliphatic rings. The lowest BCUT2D eigenvalue weighted by molar-refractivity contribution is 0.419. The maximum Gasteiger partial charge on any atom is 0.145 e. The molecule has 0 fully saturated rings. The molecule has 0 radical (unpaired) electrons. The van der Waals surface area contributed by atoms with Gasteiger partial charge in [-0.15, -0.1) is 0 Å². The molecule has 0 atom stereocenters. The third-order valence-electron chi connectivity index (χ3n) is 3.05. The van der Waals surface area contributed by atoms with E-state index in [2.05, 4.69) is 9.97 Å². The van der Waals surface area contributed by atoms with Gasteiger partial charge in [-0.2, -0.15) is 0 Å². The Kier molecular flexibility index (Phi) is 2.23. The molecule has 0 unspecified atom stereocenters. The zero-order valence-electron chi connectivity index (χ0n) is 9.53. The van der Waals surface area contributed by atoms with Gasteiger partial charge < -0.3 is 15.5 Å². The van der Waals surface area contributed by atoms with Gasteiger partial charge in [0, 0.05) is 35.4 Å². The van der Waals surface area contributed by atoms with Crippen molar-refractivity contribution in [2.45, 2.75) is 6.54 Å². The van der Waals surface area contributed by atoms with Crippen molar-refractivity contribution >= 4 is 21.7 Å². The van der Waals surface area contributed by atoms with Crippen LogP contribution in [0.25, 0.3) is 21.7 Å². The molecule has 3 rings (SSSR count). The second kappa shape index (κ2) is 3.75. The van der Waals surface area contributed by atoms with E-state index in [1.54, 1.807) is 13.3 Å². The molecular formula is C13H13N3O. The molecule has 86 valence electrons. The number of nitrogens with zero attached hydrogens (tertiary/aromatic N) is 1. The van der Waals surface area contributed by atoms with E-state index in [9.17, 15) is 0 Å². The lowest BCUT2D eigenvalue weighted by Crippen LogP contribution is -2.00. The minimum atomic E-state index is 0.472. The van der Waals surface area contributed by atoms with E-state index in [1.807, 2.05) is 24.4 Å². The van der Waals surface area contributed by atoms with Gasteiger partial charge in [0.05, 0.1) is 7.11 Å². The van der Waals surface area contributed by atoms with Crippen molar-refractivity contribution in [3.05, 3.63) is 36.3 Å². The van der Waals surface area contributed by atoms with Gasteiger partial charge in [0.15, 0.2) is 0 Å². The summed E-state index contributed by atoms with van der Waals surface area (Å²) < 4.78 is 5.38. The normalized spacial score (nSPS) is 11.2. The van der Waals surface area contributed by atoms with Gasteiger partial charge in [-0.25, -0.2) is 0 Å². The number of hydrogen-bond donors (Lipinski definition) is 2. The molecule has 3 aromatic rings. The number of nitrogens with two attached hydrogens (primary N) is 1. The topological polar surface area (TPSA) is 63.9 Å². The van der Waals surface area contributed by atoms with Gasteiger partial charge in [-0.05, 0) is 23.6 Å². The highest BCUT2D eigenvalue weighted by molar-refractivity contribution is 6.09. The maximum atomic E-state index is 5.74. The van der Waals surface area contributed by atoms with Crippen molar-refractivity contribution < 1.29 is 4.74 Å². The summed E-state index contributed by atoms with van der Waals surface area (Å²) in [7, 11) is 1.66. The van der Waals surface area contributed by atoms with Crippen molar-refractivity contribution in [1.82, 2.24) is 9.97 Å². The second-order valence-electron chi connectivity index (χ2n) is 3.91. The lowest BCUT2D eigenvalue weighted by Gasteiger charge is -2.08. The molecule has 0 amide bonds. The largest absolute Gasteiger partial charge is 0.494 e. The molecule has 0 saturated carbocycles. The Labute approximate surface area is 98.4 Å². The summed E-state index contributed by atoms with van der Waals surface area (Å²) in [5.41, 5.74) is 7.64. The summed E-state index contributed by atoms with van der Waals surface area (Å²) in [5.74, 6) is 0.784. The summed E-state index contributed by atoms with van der Waals surface area (Å²) in [5, 5.41) is 3.34. The third-order valence-corrected chi connectivity index (χ3v) is 3.05. The maximum absolute atomic E-state index is 5.74. The van der Waals surface area contributed by atoms with Crippen LogP contribution in [0.1, 0.15) is 5.69 Å². The summed E-state index contributed by atoms with van der Waals surface area (Å²) in [6.07, 6.45) is 3.70. The summed E-state index contributed by atoms with van der Waals surface area (Å²) in [4.78, 5) is 7.50. The Hall–Kier alpha value is -2.07. The summed E-state index contributed by atoms with van der Waals surface area (Å²) >= 11 is 0. The molecule has 0 spiro atoms. The van der Waals surface area contributed by atoms with Gasteiger partial charge in [-0.3, -0.25) is 4.98 Å². The minimum Gasteiger partial charge on any atom is -0.494 e. The smallest absolute Gasteiger partial charge is 0.145 e.